The number of nitrogens with one attached hydrogen (secondary N) is 1. The lowest BCUT2D eigenvalue weighted by Gasteiger charge is -2.29. The fourth-order valence-electron chi connectivity index (χ4n) is 3.01. The Kier molecular flexibility index (Phi) is 12.1. The van der Waals surface area contributed by atoms with Crippen LogP contribution in [0.5, 0.6) is 0 Å². The highest BCUT2D eigenvalue weighted by Crippen LogP contribution is 2.10. The van der Waals surface area contributed by atoms with Crippen molar-refractivity contribution in [3.63, 3.8) is 0 Å². The molecule has 0 aliphatic carbocycles. The Hall–Kier alpha value is -0.810. The molecule has 1 aliphatic rings. The Balaban J connectivity index is 0.00000264. The Labute approximate surface area is 158 Å². The van der Waals surface area contributed by atoms with Gasteiger partial charge in [-0.3, -0.25) is 4.79 Å². The zero-order chi connectivity index (χ0) is 15.8. The van der Waals surface area contributed by atoms with Gasteiger partial charge < -0.3 is 16.0 Å². The van der Waals surface area contributed by atoms with Gasteiger partial charge in [0.1, 0.15) is 0 Å². The minimum absolute atomic E-state index is 0. The monoisotopic (exact) mass is 375 g/mol. The highest BCUT2D eigenvalue weighted by molar-refractivity contribution is 5.85. The number of nitrogens with two attached hydrogens (primary N) is 1. The first-order valence-electron chi connectivity index (χ1n) is 8.44. The fourth-order valence-corrected chi connectivity index (χ4v) is 3.01. The van der Waals surface area contributed by atoms with Gasteiger partial charge in [0.25, 0.3) is 0 Å². The molecule has 3 N–H and O–H groups in total. The number of benzene rings is 1. The minimum Gasteiger partial charge on any atom is -0.354 e. The van der Waals surface area contributed by atoms with E-state index in [2.05, 4.69) is 17.1 Å². The average Bonchev–Trinajstić information content (AvgIpc) is 2.54. The number of hydrogen-bond acceptors (Lipinski definition) is 3. The van der Waals surface area contributed by atoms with Crippen molar-refractivity contribution < 1.29 is 4.79 Å². The van der Waals surface area contributed by atoms with Crippen molar-refractivity contribution >= 4 is 30.7 Å². The molecule has 24 heavy (non-hydrogen) atoms. The lowest BCUT2D eigenvalue weighted by atomic mass is 10.1. The second-order valence-electron chi connectivity index (χ2n) is 6.51. The van der Waals surface area contributed by atoms with Crippen molar-refractivity contribution in [1.29, 1.82) is 0 Å². The number of piperidine rings is 1. The van der Waals surface area contributed by atoms with E-state index in [1.165, 1.54) is 32.4 Å². The molecule has 0 aromatic heterocycles. The van der Waals surface area contributed by atoms with Gasteiger partial charge in [0.05, 0.1) is 6.04 Å². The summed E-state index contributed by atoms with van der Waals surface area (Å²) in [4.78, 5) is 14.6. The third-order valence-corrected chi connectivity index (χ3v) is 4.28. The van der Waals surface area contributed by atoms with Crippen LogP contribution in [0.15, 0.2) is 30.3 Å². The normalized spacial score (nSPS) is 17.1. The lowest BCUT2D eigenvalue weighted by molar-refractivity contribution is -0.122. The molecule has 2 atom stereocenters. The number of nitrogens with zero attached hydrogens (tertiary/aromatic N) is 1. The molecule has 1 amide bonds. The molecule has 0 saturated carbocycles. The number of carbonyl (C=O) groups excluding carboxylic acids is 1. The first kappa shape index (κ1) is 23.2. The van der Waals surface area contributed by atoms with Gasteiger partial charge in [-0.05, 0) is 43.8 Å². The molecule has 6 heteroatoms. The molecule has 1 fully saturated rings. The van der Waals surface area contributed by atoms with E-state index in [4.69, 9.17) is 5.73 Å². The van der Waals surface area contributed by atoms with E-state index in [9.17, 15) is 4.79 Å². The van der Waals surface area contributed by atoms with Crippen LogP contribution in [0.3, 0.4) is 0 Å². The first-order valence-corrected chi connectivity index (χ1v) is 8.44. The highest BCUT2D eigenvalue weighted by atomic mass is 35.5. The molecule has 0 spiro atoms. The van der Waals surface area contributed by atoms with Crippen molar-refractivity contribution in [2.45, 2.75) is 38.6 Å². The Morgan fingerprint density at radius 1 is 1.17 bits per heavy atom. The van der Waals surface area contributed by atoms with Crippen molar-refractivity contribution in [2.75, 3.05) is 26.2 Å². The van der Waals surface area contributed by atoms with Gasteiger partial charge in [-0.1, -0.05) is 43.7 Å². The van der Waals surface area contributed by atoms with Gasteiger partial charge in [0.2, 0.25) is 5.91 Å². The second-order valence-corrected chi connectivity index (χ2v) is 6.51. The van der Waals surface area contributed by atoms with Crippen molar-refractivity contribution in [3.05, 3.63) is 35.9 Å². The summed E-state index contributed by atoms with van der Waals surface area (Å²) in [5, 5.41) is 3.00. The maximum Gasteiger partial charge on any atom is 0.237 e. The van der Waals surface area contributed by atoms with Crippen molar-refractivity contribution in [3.8, 4) is 0 Å². The molecule has 2 rings (SSSR count). The maximum atomic E-state index is 12.1. The summed E-state index contributed by atoms with van der Waals surface area (Å²) in [6, 6.07) is 9.46. The van der Waals surface area contributed by atoms with E-state index >= 15 is 0 Å². The van der Waals surface area contributed by atoms with Crippen LogP contribution in [0, 0.1) is 5.92 Å². The summed E-state index contributed by atoms with van der Waals surface area (Å²) >= 11 is 0. The molecule has 1 heterocycles. The van der Waals surface area contributed by atoms with Crippen molar-refractivity contribution in [2.24, 2.45) is 11.7 Å². The molecule has 0 radical (unpaired) electrons. The predicted octanol–water partition coefficient (Wildman–Crippen LogP) is 2.64. The van der Waals surface area contributed by atoms with Gasteiger partial charge in [-0.15, -0.1) is 24.8 Å². The van der Waals surface area contributed by atoms with Crippen LogP contribution in [-0.4, -0.2) is 43.0 Å². The SMILES string of the molecule is CC(CNC(=O)C(N)Cc1ccccc1)CN1CCCCC1.Cl.Cl. The molecular weight excluding hydrogens is 345 g/mol. The largest absolute Gasteiger partial charge is 0.354 e. The fraction of sp³-hybridized carbons (Fsp3) is 0.611. The van der Waals surface area contributed by atoms with Crippen LogP contribution in [0.4, 0.5) is 0 Å². The van der Waals surface area contributed by atoms with Crippen LogP contribution < -0.4 is 11.1 Å². The zero-order valence-corrected chi connectivity index (χ0v) is 16.1. The highest BCUT2D eigenvalue weighted by Gasteiger charge is 2.17. The molecule has 1 aliphatic heterocycles. The van der Waals surface area contributed by atoms with Gasteiger partial charge in [-0.25, -0.2) is 0 Å². The van der Waals surface area contributed by atoms with E-state index < -0.39 is 6.04 Å². The van der Waals surface area contributed by atoms with E-state index in [0.717, 1.165) is 12.1 Å². The van der Waals surface area contributed by atoms with Crippen LogP contribution >= 0.6 is 24.8 Å². The molecule has 138 valence electrons. The topological polar surface area (TPSA) is 58.4 Å². The van der Waals surface area contributed by atoms with Crippen LogP contribution in [0.25, 0.3) is 0 Å². The third kappa shape index (κ3) is 8.34. The van der Waals surface area contributed by atoms with Crippen LogP contribution in [-0.2, 0) is 11.2 Å². The summed E-state index contributed by atoms with van der Waals surface area (Å²) in [5.41, 5.74) is 7.10. The Bertz CT molecular complexity index is 453. The summed E-state index contributed by atoms with van der Waals surface area (Å²) in [6.07, 6.45) is 4.56. The number of hydrogen-bond donors (Lipinski definition) is 2. The van der Waals surface area contributed by atoms with Gasteiger partial charge in [-0.2, -0.15) is 0 Å². The van der Waals surface area contributed by atoms with Gasteiger partial charge >= 0.3 is 0 Å². The maximum absolute atomic E-state index is 12.1. The molecule has 0 bridgehead atoms. The summed E-state index contributed by atoms with van der Waals surface area (Å²) < 4.78 is 0. The number of carbonyl (C=O) groups is 1. The molecule has 1 saturated heterocycles. The smallest absolute Gasteiger partial charge is 0.237 e. The van der Waals surface area contributed by atoms with E-state index in [-0.39, 0.29) is 30.7 Å². The first-order chi connectivity index (χ1) is 10.6. The quantitative estimate of drug-likeness (QED) is 0.769. The number of rotatable bonds is 7. The third-order valence-electron chi connectivity index (χ3n) is 4.28. The lowest BCUT2D eigenvalue weighted by Crippen LogP contribution is -2.45. The van der Waals surface area contributed by atoms with Gasteiger partial charge in [0.15, 0.2) is 0 Å². The Morgan fingerprint density at radius 3 is 2.42 bits per heavy atom. The zero-order valence-electron chi connectivity index (χ0n) is 14.4. The van der Waals surface area contributed by atoms with Crippen LogP contribution in [0.2, 0.25) is 0 Å². The number of amides is 1. The van der Waals surface area contributed by atoms with Crippen LogP contribution in [0.1, 0.15) is 31.7 Å². The molecule has 1 aromatic rings. The summed E-state index contributed by atoms with van der Waals surface area (Å²) in [5.74, 6) is 0.417. The van der Waals surface area contributed by atoms with Crippen molar-refractivity contribution in [1.82, 2.24) is 10.2 Å². The van der Waals surface area contributed by atoms with E-state index in [0.29, 0.717) is 18.9 Å². The van der Waals surface area contributed by atoms with E-state index in [1.54, 1.807) is 0 Å². The average molecular weight is 376 g/mol. The Morgan fingerprint density at radius 2 is 1.79 bits per heavy atom. The number of likely N-dealkylation sites (tertiary alicyclic amines) is 1. The van der Waals surface area contributed by atoms with E-state index in [1.807, 2.05) is 30.3 Å². The molecular formula is C18H31Cl2N3O. The standard InChI is InChI=1S/C18H29N3O.2ClH/c1-15(14-21-10-6-3-7-11-21)13-20-18(22)17(19)12-16-8-4-2-5-9-16;;/h2,4-5,8-9,15,17H,3,6-7,10-14,19H2,1H3,(H,20,22);2*1H. The van der Waals surface area contributed by atoms with Gasteiger partial charge in [0, 0.05) is 13.1 Å². The molecule has 2 unspecified atom stereocenters. The summed E-state index contributed by atoms with van der Waals surface area (Å²) in [6.45, 7) is 6.36. The second kappa shape index (κ2) is 12.5. The molecule has 1 aromatic carbocycles. The summed E-state index contributed by atoms with van der Waals surface area (Å²) in [7, 11) is 0. The minimum atomic E-state index is -0.468. The predicted molar refractivity (Wildman–Crippen MR) is 105 cm³/mol. The molecule has 4 nitrogen and oxygen atoms in total. The number of halogens is 2.